The van der Waals surface area contributed by atoms with Crippen molar-refractivity contribution in [1.29, 1.82) is 0 Å². The molecule has 0 bridgehead atoms. The summed E-state index contributed by atoms with van der Waals surface area (Å²) in [6.45, 7) is 0. The van der Waals surface area contributed by atoms with Gasteiger partial charge in [-0.3, -0.25) is 4.79 Å². The molecule has 1 saturated carbocycles. The molecule has 21 heavy (non-hydrogen) atoms. The number of benzene rings is 1. The minimum atomic E-state index is 0. The highest BCUT2D eigenvalue weighted by molar-refractivity contribution is 7.14. The summed E-state index contributed by atoms with van der Waals surface area (Å²) >= 11 is 1.46. The van der Waals surface area contributed by atoms with Gasteiger partial charge in [0.1, 0.15) is 10.7 Å². The molecule has 112 valence electrons. The van der Waals surface area contributed by atoms with Gasteiger partial charge in [0.2, 0.25) is 5.91 Å². The lowest BCUT2D eigenvalue weighted by Gasteiger charge is -2.10. The maximum Gasteiger partial charge on any atom is 0.228 e. The molecule has 3 rings (SSSR count). The zero-order valence-electron chi connectivity index (χ0n) is 11.5. The average molecular weight is 324 g/mol. The van der Waals surface area contributed by atoms with Crippen molar-refractivity contribution in [3.05, 3.63) is 35.8 Å². The lowest BCUT2D eigenvalue weighted by molar-refractivity contribution is -0.119. The number of aromatic nitrogens is 1. The van der Waals surface area contributed by atoms with Crippen LogP contribution in [0.25, 0.3) is 11.3 Å². The molecule has 6 heteroatoms. The summed E-state index contributed by atoms with van der Waals surface area (Å²) in [6, 6.07) is 10.1. The predicted molar refractivity (Wildman–Crippen MR) is 88.7 cm³/mol. The number of hydrogen-bond donors (Lipinski definition) is 2. The van der Waals surface area contributed by atoms with Gasteiger partial charge in [-0.25, -0.2) is 4.98 Å². The van der Waals surface area contributed by atoms with Crippen LogP contribution < -0.4 is 11.1 Å². The van der Waals surface area contributed by atoms with E-state index in [1.165, 1.54) is 11.3 Å². The van der Waals surface area contributed by atoms with Crippen LogP contribution in [-0.2, 0) is 4.79 Å². The number of halogens is 1. The highest BCUT2D eigenvalue weighted by Crippen LogP contribution is 2.32. The summed E-state index contributed by atoms with van der Waals surface area (Å²) in [4.78, 5) is 16.6. The van der Waals surface area contributed by atoms with E-state index in [4.69, 9.17) is 5.73 Å². The Balaban J connectivity index is 0.00000161. The molecule has 1 heterocycles. The maximum absolute atomic E-state index is 12.3. The molecule has 2 unspecified atom stereocenters. The molecule has 1 aromatic heterocycles. The number of amides is 1. The zero-order chi connectivity index (χ0) is 13.9. The standard InChI is InChI=1S/C15H17N3OS.ClH/c16-12-7-6-11(8-12)14(19)18-15-13(17-9-20-15)10-4-2-1-3-5-10;/h1-5,9,11-12H,6-8,16H2,(H,18,19);1H. The Morgan fingerprint density at radius 1 is 1.29 bits per heavy atom. The van der Waals surface area contributed by atoms with Gasteiger partial charge in [-0.2, -0.15) is 0 Å². The van der Waals surface area contributed by atoms with Gasteiger partial charge in [0.05, 0.1) is 5.51 Å². The third-order valence-corrected chi connectivity index (χ3v) is 4.44. The molecule has 1 amide bonds. The van der Waals surface area contributed by atoms with Gasteiger partial charge in [-0.1, -0.05) is 30.3 Å². The number of anilines is 1. The lowest BCUT2D eigenvalue weighted by Crippen LogP contribution is -2.23. The van der Waals surface area contributed by atoms with Crippen molar-refractivity contribution in [2.24, 2.45) is 11.7 Å². The summed E-state index contributed by atoms with van der Waals surface area (Å²) in [5.41, 5.74) is 9.49. The van der Waals surface area contributed by atoms with E-state index in [-0.39, 0.29) is 30.3 Å². The van der Waals surface area contributed by atoms with Gasteiger partial charge < -0.3 is 11.1 Å². The minimum Gasteiger partial charge on any atom is -0.328 e. The summed E-state index contributed by atoms with van der Waals surface area (Å²) in [5, 5.41) is 3.83. The van der Waals surface area contributed by atoms with Crippen molar-refractivity contribution < 1.29 is 4.79 Å². The van der Waals surface area contributed by atoms with E-state index in [0.717, 1.165) is 35.5 Å². The molecule has 0 aliphatic heterocycles. The van der Waals surface area contributed by atoms with Crippen molar-refractivity contribution in [1.82, 2.24) is 4.98 Å². The van der Waals surface area contributed by atoms with Crippen LogP contribution in [0, 0.1) is 5.92 Å². The second-order valence-electron chi connectivity index (χ2n) is 5.16. The van der Waals surface area contributed by atoms with Gasteiger partial charge in [0.15, 0.2) is 0 Å². The normalized spacial score (nSPS) is 20.8. The van der Waals surface area contributed by atoms with Crippen LogP contribution in [0.2, 0.25) is 0 Å². The molecule has 2 aromatic rings. The fraction of sp³-hybridized carbons (Fsp3) is 0.333. The number of hydrogen-bond acceptors (Lipinski definition) is 4. The molecule has 1 aromatic carbocycles. The molecule has 1 aliphatic rings. The van der Waals surface area contributed by atoms with Crippen LogP contribution in [0.15, 0.2) is 35.8 Å². The zero-order valence-corrected chi connectivity index (χ0v) is 13.1. The quantitative estimate of drug-likeness (QED) is 0.910. The SMILES string of the molecule is Cl.NC1CCC(C(=O)Nc2scnc2-c2ccccc2)C1. The number of nitrogens with two attached hydrogens (primary N) is 1. The highest BCUT2D eigenvalue weighted by atomic mass is 35.5. The molecular weight excluding hydrogens is 306 g/mol. The van der Waals surface area contributed by atoms with Gasteiger partial charge in [0, 0.05) is 17.5 Å². The Labute approximate surface area is 134 Å². The summed E-state index contributed by atoms with van der Waals surface area (Å²) in [5.74, 6) is 0.107. The van der Waals surface area contributed by atoms with Crippen molar-refractivity contribution in [3.8, 4) is 11.3 Å². The molecule has 0 saturated heterocycles. The molecule has 2 atom stereocenters. The van der Waals surface area contributed by atoms with Crippen molar-refractivity contribution in [2.45, 2.75) is 25.3 Å². The summed E-state index contributed by atoms with van der Waals surface area (Å²) in [7, 11) is 0. The van der Waals surface area contributed by atoms with E-state index in [1.54, 1.807) is 5.51 Å². The second-order valence-corrected chi connectivity index (χ2v) is 6.01. The van der Waals surface area contributed by atoms with Crippen LogP contribution >= 0.6 is 23.7 Å². The molecular formula is C15H18ClN3OS. The molecule has 1 aliphatic carbocycles. The van der Waals surface area contributed by atoms with Crippen molar-refractivity contribution >= 4 is 34.7 Å². The number of rotatable bonds is 3. The van der Waals surface area contributed by atoms with Crippen LogP contribution in [0.5, 0.6) is 0 Å². The predicted octanol–water partition coefficient (Wildman–Crippen LogP) is 3.30. The van der Waals surface area contributed by atoms with E-state index in [0.29, 0.717) is 0 Å². The minimum absolute atomic E-state index is 0. The molecule has 0 spiro atoms. The summed E-state index contributed by atoms with van der Waals surface area (Å²) < 4.78 is 0. The molecule has 3 N–H and O–H groups in total. The first-order chi connectivity index (χ1) is 9.74. The van der Waals surface area contributed by atoms with Crippen LogP contribution in [-0.4, -0.2) is 16.9 Å². The molecule has 4 nitrogen and oxygen atoms in total. The van der Waals surface area contributed by atoms with E-state index in [2.05, 4.69) is 10.3 Å². The number of carbonyl (C=O) groups excluding carboxylic acids is 1. The van der Waals surface area contributed by atoms with Gasteiger partial charge >= 0.3 is 0 Å². The highest BCUT2D eigenvalue weighted by Gasteiger charge is 2.28. The Hall–Kier alpha value is -1.43. The smallest absolute Gasteiger partial charge is 0.228 e. The fourth-order valence-electron chi connectivity index (χ4n) is 2.61. The van der Waals surface area contributed by atoms with Crippen molar-refractivity contribution in [3.63, 3.8) is 0 Å². The first-order valence-electron chi connectivity index (χ1n) is 6.79. The first kappa shape index (κ1) is 15.9. The van der Waals surface area contributed by atoms with Gasteiger partial charge in [-0.05, 0) is 19.3 Å². The third kappa shape index (κ3) is 3.61. The van der Waals surface area contributed by atoms with Crippen LogP contribution in [0.1, 0.15) is 19.3 Å². The van der Waals surface area contributed by atoms with E-state index in [9.17, 15) is 4.79 Å². The molecule has 0 radical (unpaired) electrons. The third-order valence-electron chi connectivity index (χ3n) is 3.70. The van der Waals surface area contributed by atoms with E-state index < -0.39 is 0 Å². The van der Waals surface area contributed by atoms with Crippen LogP contribution in [0.3, 0.4) is 0 Å². The monoisotopic (exact) mass is 323 g/mol. The van der Waals surface area contributed by atoms with Gasteiger partial charge in [0.25, 0.3) is 0 Å². The van der Waals surface area contributed by atoms with Crippen LogP contribution in [0.4, 0.5) is 5.00 Å². The van der Waals surface area contributed by atoms with Gasteiger partial charge in [-0.15, -0.1) is 23.7 Å². The van der Waals surface area contributed by atoms with E-state index in [1.807, 2.05) is 30.3 Å². The maximum atomic E-state index is 12.3. The number of carbonyl (C=O) groups is 1. The number of nitrogens with zero attached hydrogens (tertiary/aromatic N) is 1. The second kappa shape index (κ2) is 7.02. The van der Waals surface area contributed by atoms with E-state index >= 15 is 0 Å². The molecule has 1 fully saturated rings. The first-order valence-corrected chi connectivity index (χ1v) is 7.67. The Bertz CT molecular complexity index is 602. The Kier molecular flexibility index (Phi) is 5.33. The average Bonchev–Trinajstić information content (AvgIpc) is 3.09. The lowest BCUT2D eigenvalue weighted by atomic mass is 10.1. The topological polar surface area (TPSA) is 68.0 Å². The van der Waals surface area contributed by atoms with Crippen molar-refractivity contribution in [2.75, 3.05) is 5.32 Å². The Morgan fingerprint density at radius 3 is 2.71 bits per heavy atom. The number of thiazole rings is 1. The summed E-state index contributed by atoms with van der Waals surface area (Å²) in [6.07, 6.45) is 2.60. The largest absolute Gasteiger partial charge is 0.328 e. The Morgan fingerprint density at radius 2 is 2.05 bits per heavy atom. The number of nitrogens with one attached hydrogen (secondary N) is 1. The fourth-order valence-corrected chi connectivity index (χ4v) is 3.31.